The molecule has 0 spiro atoms. The van der Waals surface area contributed by atoms with E-state index in [2.05, 4.69) is 10.0 Å². The van der Waals surface area contributed by atoms with Crippen LogP contribution in [0.5, 0.6) is 0 Å². The number of aromatic nitrogens is 1. The Labute approximate surface area is 148 Å². The zero-order valence-electron chi connectivity index (χ0n) is 14.7. The molecule has 0 saturated heterocycles. The van der Waals surface area contributed by atoms with E-state index in [-0.39, 0.29) is 31.0 Å². The van der Waals surface area contributed by atoms with Gasteiger partial charge in [-0.1, -0.05) is 26.3 Å². The third-order valence-corrected chi connectivity index (χ3v) is 4.89. The molecule has 7 nitrogen and oxygen atoms in total. The number of anilines is 1. The highest BCUT2D eigenvalue weighted by molar-refractivity contribution is 7.92. The van der Waals surface area contributed by atoms with Gasteiger partial charge >= 0.3 is 0 Å². The normalized spacial score (nSPS) is 14.2. The lowest BCUT2D eigenvalue weighted by molar-refractivity contribution is -0.123. The van der Waals surface area contributed by atoms with E-state index >= 15 is 0 Å². The van der Waals surface area contributed by atoms with Crippen LogP contribution < -0.4 is 10.0 Å². The molecule has 0 aliphatic carbocycles. The van der Waals surface area contributed by atoms with Gasteiger partial charge in [0.1, 0.15) is 6.54 Å². The molecule has 3 N–H and O–H groups in total. The molecule has 0 saturated carbocycles. The van der Waals surface area contributed by atoms with Crippen LogP contribution in [0.4, 0.5) is 5.69 Å². The monoisotopic (exact) mass is 367 g/mol. The fraction of sp³-hybridized carbons (Fsp3) is 0.471. The lowest BCUT2D eigenvalue weighted by Crippen LogP contribution is -2.43. The van der Waals surface area contributed by atoms with Gasteiger partial charge in [-0.25, -0.2) is 8.42 Å². The lowest BCUT2D eigenvalue weighted by Gasteiger charge is -2.22. The van der Waals surface area contributed by atoms with Crippen molar-refractivity contribution in [3.63, 3.8) is 0 Å². The first-order valence-corrected chi connectivity index (χ1v) is 10.1. The Morgan fingerprint density at radius 2 is 2.04 bits per heavy atom. The molecule has 138 valence electrons. The van der Waals surface area contributed by atoms with Crippen molar-refractivity contribution in [3.05, 3.63) is 30.5 Å². The molecule has 1 heterocycles. The van der Waals surface area contributed by atoms with Crippen LogP contribution in [0.2, 0.25) is 0 Å². The molecule has 1 aromatic heterocycles. The third kappa shape index (κ3) is 4.96. The van der Waals surface area contributed by atoms with Gasteiger partial charge in [0, 0.05) is 11.6 Å². The minimum Gasteiger partial charge on any atom is -0.394 e. The predicted molar refractivity (Wildman–Crippen MR) is 98.9 cm³/mol. The first-order chi connectivity index (χ1) is 11.7. The molecule has 25 heavy (non-hydrogen) atoms. The molecule has 0 fully saturated rings. The van der Waals surface area contributed by atoms with E-state index in [0.717, 1.165) is 23.6 Å². The number of carbonyl (C=O) groups excluding carboxylic acids is 1. The molecule has 1 aromatic carbocycles. The van der Waals surface area contributed by atoms with Crippen LogP contribution >= 0.6 is 0 Å². The summed E-state index contributed by atoms with van der Waals surface area (Å²) >= 11 is 0. The van der Waals surface area contributed by atoms with Crippen molar-refractivity contribution in [1.29, 1.82) is 0 Å². The van der Waals surface area contributed by atoms with Crippen molar-refractivity contribution in [2.45, 2.75) is 32.9 Å². The Kier molecular flexibility index (Phi) is 6.07. The number of fused-ring (bicyclic) bond motifs is 1. The molecular formula is C17H25N3O4S. The van der Waals surface area contributed by atoms with Crippen molar-refractivity contribution in [2.75, 3.05) is 17.6 Å². The van der Waals surface area contributed by atoms with E-state index in [1.165, 1.54) is 0 Å². The van der Waals surface area contributed by atoms with Crippen LogP contribution in [0, 0.1) is 5.92 Å². The summed E-state index contributed by atoms with van der Waals surface area (Å²) in [6.45, 7) is 3.99. The van der Waals surface area contributed by atoms with Gasteiger partial charge in [-0.3, -0.25) is 9.52 Å². The van der Waals surface area contributed by atoms with E-state index in [1.54, 1.807) is 29.0 Å². The summed E-state index contributed by atoms with van der Waals surface area (Å²) in [5, 5.41) is 13.0. The average Bonchev–Trinajstić information content (AvgIpc) is 2.94. The highest BCUT2D eigenvalue weighted by atomic mass is 32.2. The number of benzene rings is 1. The average molecular weight is 367 g/mol. The van der Waals surface area contributed by atoms with Crippen LogP contribution in [0.1, 0.15) is 20.3 Å². The van der Waals surface area contributed by atoms with Crippen LogP contribution in [0.3, 0.4) is 0 Å². The number of hydrogen-bond acceptors (Lipinski definition) is 4. The number of hydrogen-bond donors (Lipinski definition) is 3. The smallest absolute Gasteiger partial charge is 0.240 e. The fourth-order valence-electron chi connectivity index (χ4n) is 2.71. The largest absolute Gasteiger partial charge is 0.394 e. The molecule has 0 aliphatic rings. The van der Waals surface area contributed by atoms with Gasteiger partial charge in [0.05, 0.1) is 30.1 Å². The highest BCUT2D eigenvalue weighted by Crippen LogP contribution is 2.25. The Balaban J connectivity index is 2.19. The zero-order chi connectivity index (χ0) is 18.6. The molecule has 0 unspecified atom stereocenters. The maximum atomic E-state index is 12.3. The van der Waals surface area contributed by atoms with Gasteiger partial charge in [0.25, 0.3) is 0 Å². The van der Waals surface area contributed by atoms with Gasteiger partial charge in [-0.15, -0.1) is 0 Å². The summed E-state index contributed by atoms with van der Waals surface area (Å²) < 4.78 is 27.2. The van der Waals surface area contributed by atoms with Gasteiger partial charge in [0.2, 0.25) is 15.9 Å². The summed E-state index contributed by atoms with van der Waals surface area (Å²) in [4.78, 5) is 12.3. The fourth-order valence-corrected chi connectivity index (χ4v) is 3.29. The van der Waals surface area contributed by atoms with Gasteiger partial charge < -0.3 is 15.0 Å². The van der Waals surface area contributed by atoms with Crippen LogP contribution in [0.25, 0.3) is 10.9 Å². The number of amides is 1. The van der Waals surface area contributed by atoms with Crippen molar-refractivity contribution < 1.29 is 18.3 Å². The maximum Gasteiger partial charge on any atom is 0.240 e. The number of aliphatic hydroxyl groups is 1. The second-order valence-electron chi connectivity index (χ2n) is 6.30. The third-order valence-electron chi connectivity index (χ3n) is 4.30. The number of nitrogens with zero attached hydrogens (tertiary/aromatic N) is 1. The second-order valence-corrected chi connectivity index (χ2v) is 8.05. The molecule has 2 atom stereocenters. The number of nitrogens with one attached hydrogen (secondary N) is 2. The van der Waals surface area contributed by atoms with Crippen LogP contribution in [-0.4, -0.2) is 42.9 Å². The SMILES string of the molecule is CC[C@H](C)[C@H](CO)NC(=O)Cn1ccc2c(NS(C)(=O)=O)cccc21. The second kappa shape index (κ2) is 7.88. The Bertz CT molecular complexity index is 845. The van der Waals surface area contributed by atoms with Gasteiger partial charge in [-0.05, 0) is 24.1 Å². The van der Waals surface area contributed by atoms with E-state index in [1.807, 2.05) is 19.9 Å². The van der Waals surface area contributed by atoms with E-state index in [9.17, 15) is 18.3 Å². The molecule has 2 aromatic rings. The van der Waals surface area contributed by atoms with Crippen LogP contribution in [-0.2, 0) is 21.4 Å². The number of sulfonamides is 1. The molecule has 0 radical (unpaired) electrons. The summed E-state index contributed by atoms with van der Waals surface area (Å²) in [5.74, 6) is -0.0146. The van der Waals surface area contributed by atoms with Gasteiger partial charge in [-0.2, -0.15) is 0 Å². The molecule has 0 bridgehead atoms. The number of rotatable bonds is 8. The standard InChI is InChI=1S/C17H25N3O4S/c1-4-12(2)15(11-21)18-17(22)10-20-9-8-13-14(19-25(3,23)24)6-5-7-16(13)20/h5-9,12,15,19,21H,4,10-11H2,1-3H3,(H,18,22)/t12-,15-/m0/s1. The maximum absolute atomic E-state index is 12.3. The Morgan fingerprint density at radius 3 is 2.64 bits per heavy atom. The van der Waals surface area contributed by atoms with E-state index in [4.69, 9.17) is 0 Å². The number of aliphatic hydroxyl groups excluding tert-OH is 1. The van der Waals surface area contributed by atoms with Crippen molar-refractivity contribution in [3.8, 4) is 0 Å². The minimum atomic E-state index is -3.38. The first-order valence-electron chi connectivity index (χ1n) is 8.21. The number of carbonyl (C=O) groups is 1. The first kappa shape index (κ1) is 19.3. The molecule has 0 aliphatic heterocycles. The van der Waals surface area contributed by atoms with Crippen LogP contribution in [0.15, 0.2) is 30.5 Å². The van der Waals surface area contributed by atoms with Gasteiger partial charge in [0.15, 0.2) is 0 Å². The van der Waals surface area contributed by atoms with Crippen molar-refractivity contribution in [2.24, 2.45) is 5.92 Å². The molecular weight excluding hydrogens is 342 g/mol. The molecule has 2 rings (SSSR count). The zero-order valence-corrected chi connectivity index (χ0v) is 15.5. The Hall–Kier alpha value is -2.06. The lowest BCUT2D eigenvalue weighted by atomic mass is 10.00. The summed E-state index contributed by atoms with van der Waals surface area (Å²) in [7, 11) is -3.38. The summed E-state index contributed by atoms with van der Waals surface area (Å²) in [5.41, 5.74) is 1.24. The Morgan fingerprint density at radius 1 is 1.32 bits per heavy atom. The highest BCUT2D eigenvalue weighted by Gasteiger charge is 2.18. The van der Waals surface area contributed by atoms with E-state index < -0.39 is 10.0 Å². The topological polar surface area (TPSA) is 100 Å². The minimum absolute atomic E-state index is 0.0960. The summed E-state index contributed by atoms with van der Waals surface area (Å²) in [6, 6.07) is 6.74. The van der Waals surface area contributed by atoms with Crippen molar-refractivity contribution in [1.82, 2.24) is 9.88 Å². The quantitative estimate of drug-likeness (QED) is 0.659. The molecule has 1 amide bonds. The van der Waals surface area contributed by atoms with Crippen molar-refractivity contribution >= 4 is 32.5 Å². The predicted octanol–water partition coefficient (Wildman–Crippen LogP) is 1.54. The molecule has 8 heteroatoms. The van der Waals surface area contributed by atoms with E-state index in [0.29, 0.717) is 5.69 Å². The summed E-state index contributed by atoms with van der Waals surface area (Å²) in [6.07, 6.45) is 3.70.